The first-order valence-electron chi connectivity index (χ1n) is 21.1. The van der Waals surface area contributed by atoms with Gasteiger partial charge in [0.15, 0.2) is 0 Å². The summed E-state index contributed by atoms with van der Waals surface area (Å²) >= 11 is -3.20. The molecular formula is C55H50Cl2F6Zr. The molecule has 0 unspecified atom stereocenters. The van der Waals surface area contributed by atoms with Crippen molar-refractivity contribution >= 4 is 3.21 Å². The van der Waals surface area contributed by atoms with Crippen molar-refractivity contribution in [2.45, 2.75) is 88.6 Å². The Balaban J connectivity index is 0.00000340. The molecule has 64 heavy (non-hydrogen) atoms. The van der Waals surface area contributed by atoms with Gasteiger partial charge in [0.25, 0.3) is 0 Å². The Bertz CT molecular complexity index is 2610. The average Bonchev–Trinajstić information content (AvgIpc) is 3.84. The number of halogens is 8. The fraction of sp³-hybridized carbons (Fsp3) is 0.255. The van der Waals surface area contributed by atoms with Crippen molar-refractivity contribution in [1.29, 1.82) is 0 Å². The Morgan fingerprint density at radius 1 is 0.500 bits per heavy atom. The molecule has 6 aromatic carbocycles. The molecule has 0 spiro atoms. The summed E-state index contributed by atoms with van der Waals surface area (Å²) in [5, 5.41) is 0. The smallest absolute Gasteiger partial charge is 1.00 e. The zero-order chi connectivity index (χ0) is 44.5. The van der Waals surface area contributed by atoms with Crippen LogP contribution >= 0.6 is 0 Å². The minimum atomic E-state index is -4.42. The second-order valence-corrected chi connectivity index (χ2v) is 25.1. The first-order valence-corrected chi connectivity index (χ1v) is 24.9. The summed E-state index contributed by atoms with van der Waals surface area (Å²) in [6, 6.07) is 36.9. The van der Waals surface area contributed by atoms with Gasteiger partial charge < -0.3 is 24.8 Å². The third kappa shape index (κ3) is 9.65. The summed E-state index contributed by atoms with van der Waals surface area (Å²) in [5.74, 6) is 0. The summed E-state index contributed by atoms with van der Waals surface area (Å²) in [7, 11) is 0. The second-order valence-electron chi connectivity index (χ2n) is 18.9. The molecule has 8 rings (SSSR count). The number of rotatable bonds is 6. The minimum absolute atomic E-state index is 0. The van der Waals surface area contributed by atoms with E-state index in [1.165, 1.54) is 75.3 Å². The quantitative estimate of drug-likeness (QED) is 0.146. The van der Waals surface area contributed by atoms with Gasteiger partial charge in [0.1, 0.15) is 0 Å². The van der Waals surface area contributed by atoms with Gasteiger partial charge in [0, 0.05) is 0 Å². The van der Waals surface area contributed by atoms with Crippen LogP contribution in [-0.4, -0.2) is 3.21 Å². The Morgan fingerprint density at radius 2 is 0.844 bits per heavy atom. The monoisotopic (exact) mass is 984 g/mol. The van der Waals surface area contributed by atoms with Crippen LogP contribution in [0.15, 0.2) is 143 Å². The average molecular weight is 987 g/mol. The van der Waals surface area contributed by atoms with E-state index >= 15 is 0 Å². The Hall–Kier alpha value is -4.29. The molecule has 0 nitrogen and oxygen atoms in total. The molecule has 0 aliphatic heterocycles. The van der Waals surface area contributed by atoms with Crippen LogP contribution in [0, 0.1) is 13.8 Å². The van der Waals surface area contributed by atoms with Crippen molar-refractivity contribution < 1.29 is 72.4 Å². The van der Waals surface area contributed by atoms with Crippen LogP contribution in [0.1, 0.15) is 107 Å². The van der Waals surface area contributed by atoms with E-state index in [9.17, 15) is 26.3 Å². The summed E-state index contributed by atoms with van der Waals surface area (Å²) in [4.78, 5) is 0. The number of alkyl halides is 6. The number of allylic oxidation sites excluding steroid dienone is 4. The largest absolute Gasteiger partial charge is 1.00 e. The van der Waals surface area contributed by atoms with Crippen LogP contribution in [0.5, 0.6) is 0 Å². The molecule has 330 valence electrons. The van der Waals surface area contributed by atoms with Gasteiger partial charge in [-0.1, -0.05) is 0 Å². The summed E-state index contributed by atoms with van der Waals surface area (Å²) in [5.41, 5.74) is 14.2. The SMILES string of the molecule is Cc1cc2c(cc1C(C)(C)C)-c1cc(C(C)(C)C)c(C)cc1[CH]2[Zr+2]([C]1=CC=CC1)=[C](c1ccc(-c2ccc(C(F)(F)F)cc2)cc1)c1ccc(-c2ccc(C(F)(F)F)cc2)cc1.[Cl-].[Cl-]. The molecule has 6 aromatic rings. The predicted molar refractivity (Wildman–Crippen MR) is 239 cm³/mol. The van der Waals surface area contributed by atoms with E-state index in [2.05, 4.69) is 122 Å². The second kappa shape index (κ2) is 18.2. The van der Waals surface area contributed by atoms with E-state index in [0.29, 0.717) is 11.1 Å². The Morgan fingerprint density at radius 3 is 1.14 bits per heavy atom. The van der Waals surface area contributed by atoms with Crippen LogP contribution in [-0.2, 0) is 44.4 Å². The van der Waals surface area contributed by atoms with E-state index in [1.54, 1.807) is 0 Å². The van der Waals surface area contributed by atoms with Gasteiger partial charge in [-0.3, -0.25) is 0 Å². The first kappa shape index (κ1) is 49.2. The van der Waals surface area contributed by atoms with Gasteiger partial charge in [-0.25, -0.2) is 0 Å². The zero-order valence-electron chi connectivity index (χ0n) is 37.1. The molecular weight excluding hydrogens is 937 g/mol. The zero-order valence-corrected chi connectivity index (χ0v) is 41.1. The fourth-order valence-electron chi connectivity index (χ4n) is 9.48. The molecule has 0 saturated heterocycles. The van der Waals surface area contributed by atoms with Crippen LogP contribution < -0.4 is 24.8 Å². The number of hydrogen-bond acceptors (Lipinski definition) is 0. The third-order valence-corrected chi connectivity index (χ3v) is 20.7. The number of aryl methyl sites for hydroxylation is 2. The van der Waals surface area contributed by atoms with Crippen LogP contribution in [0.2, 0.25) is 0 Å². The molecule has 0 saturated carbocycles. The molecule has 9 heteroatoms. The maximum atomic E-state index is 13.5. The molecule has 0 radical (unpaired) electrons. The first-order chi connectivity index (χ1) is 29.1. The molecule has 0 heterocycles. The molecule has 0 amide bonds. The van der Waals surface area contributed by atoms with E-state index in [-0.39, 0.29) is 39.3 Å². The Labute approximate surface area is 393 Å². The van der Waals surface area contributed by atoms with Gasteiger partial charge in [0.05, 0.1) is 0 Å². The fourth-order valence-corrected chi connectivity index (χ4v) is 18.4. The topological polar surface area (TPSA) is 0 Å². The van der Waals surface area contributed by atoms with Crippen LogP contribution in [0.25, 0.3) is 33.4 Å². The van der Waals surface area contributed by atoms with E-state index in [4.69, 9.17) is 0 Å². The van der Waals surface area contributed by atoms with Crippen molar-refractivity contribution in [3.8, 4) is 33.4 Å². The van der Waals surface area contributed by atoms with E-state index in [0.717, 1.165) is 52.9 Å². The third-order valence-electron chi connectivity index (χ3n) is 12.4. The van der Waals surface area contributed by atoms with E-state index < -0.39 is 44.7 Å². The number of hydrogen-bond donors (Lipinski definition) is 0. The van der Waals surface area contributed by atoms with Gasteiger partial charge >= 0.3 is 371 Å². The van der Waals surface area contributed by atoms with Gasteiger partial charge in [-0.15, -0.1) is 0 Å². The van der Waals surface area contributed by atoms with Gasteiger partial charge in [-0.2, -0.15) is 0 Å². The number of benzene rings is 6. The molecule has 2 aliphatic carbocycles. The van der Waals surface area contributed by atoms with Crippen molar-refractivity contribution in [1.82, 2.24) is 0 Å². The summed E-state index contributed by atoms with van der Waals surface area (Å²) < 4.78 is 83.7. The van der Waals surface area contributed by atoms with Gasteiger partial charge in [-0.05, 0) is 0 Å². The molecule has 0 fully saturated rings. The molecule has 0 N–H and O–H groups in total. The van der Waals surface area contributed by atoms with E-state index in [1.807, 2.05) is 24.3 Å². The predicted octanol–water partition coefficient (Wildman–Crippen LogP) is 10.1. The van der Waals surface area contributed by atoms with Crippen molar-refractivity contribution in [2.24, 2.45) is 0 Å². The summed E-state index contributed by atoms with van der Waals surface area (Å²) in [6.07, 6.45) is -1.24. The standard InChI is InChI=1S/C27H16F6.C23H29.C5H5.2ClH.Zr/c28-26(29,30)24-13-9-22(10-14-24)20-5-1-18(2-6-20)17-19-3-7-21(8-4-19)23-11-15-25(16-12-23)27(31,32)33;1-14-9-16-11-17-10-15(2)21(23(6,7)8)13-19(17)18(16)12-20(14)22(3,4)5;1-2-4-5-3-1;;;/h1-16H;9-13H,1-8H3;1-3H,4H2;2*1H;/q;;;;;+2/p-2. The molecule has 0 bridgehead atoms. The maximum absolute atomic E-state index is 13.5. The van der Waals surface area contributed by atoms with Crippen LogP contribution in [0.3, 0.4) is 0 Å². The minimum Gasteiger partial charge on any atom is -1.00 e. The van der Waals surface area contributed by atoms with Gasteiger partial charge in [0.2, 0.25) is 0 Å². The van der Waals surface area contributed by atoms with Crippen molar-refractivity contribution in [3.05, 3.63) is 198 Å². The normalized spacial score (nSPS) is 13.6. The molecule has 2 aliphatic rings. The number of fused-ring (bicyclic) bond motifs is 3. The summed E-state index contributed by atoms with van der Waals surface area (Å²) in [6.45, 7) is 18.1. The molecule has 0 atom stereocenters. The maximum Gasteiger partial charge on any atom is -1.00 e. The van der Waals surface area contributed by atoms with Crippen LogP contribution in [0.4, 0.5) is 26.3 Å². The molecule has 0 aromatic heterocycles. The Kier molecular flexibility index (Phi) is 14.0. The van der Waals surface area contributed by atoms with Crippen molar-refractivity contribution in [3.63, 3.8) is 0 Å². The van der Waals surface area contributed by atoms with Crippen molar-refractivity contribution in [2.75, 3.05) is 0 Å².